The Bertz CT molecular complexity index is 1140. The quantitative estimate of drug-likeness (QED) is 0.323. The molecule has 3 rings (SSSR count). The number of nitro groups is 1. The molecule has 2 amide bonds. The Balaban J connectivity index is 1.99. The van der Waals surface area contributed by atoms with Crippen LogP contribution in [0.1, 0.15) is 37.0 Å². The van der Waals surface area contributed by atoms with E-state index in [1.54, 1.807) is 23.1 Å². The van der Waals surface area contributed by atoms with Gasteiger partial charge in [0.15, 0.2) is 0 Å². The number of para-hydroxylation sites is 1. The van der Waals surface area contributed by atoms with Crippen LogP contribution in [0.2, 0.25) is 0 Å². The van der Waals surface area contributed by atoms with Crippen molar-refractivity contribution in [2.45, 2.75) is 51.7 Å². The molecule has 0 saturated heterocycles. The second-order valence-corrected chi connectivity index (χ2v) is 8.59. The van der Waals surface area contributed by atoms with Crippen molar-refractivity contribution in [2.24, 2.45) is 0 Å². The molecule has 0 aliphatic rings. The Morgan fingerprint density at radius 3 is 2.09 bits per heavy atom. The van der Waals surface area contributed by atoms with Crippen LogP contribution >= 0.6 is 0 Å². The minimum absolute atomic E-state index is 0.0512. The van der Waals surface area contributed by atoms with Gasteiger partial charge in [-0.2, -0.15) is 0 Å². The Labute approximate surface area is 205 Å². The zero-order valence-electron chi connectivity index (χ0n) is 20.1. The smallest absolute Gasteiger partial charge is 0.273 e. The summed E-state index contributed by atoms with van der Waals surface area (Å²) in [7, 11) is 0. The standard InChI is InChI=1S/C28H31N3O4/c1-3-21(2)29-28(33)26(18-22-12-6-4-7-13-22)30(20-23-14-8-5-9-15-23)27(32)19-24-16-10-11-17-25(24)31(34)35/h4-17,21,26H,3,18-20H2,1-2H3,(H,29,33)/t21-,26-/m1/s1. The maximum Gasteiger partial charge on any atom is 0.273 e. The van der Waals surface area contributed by atoms with Gasteiger partial charge in [0.1, 0.15) is 6.04 Å². The number of nitrogens with zero attached hydrogens (tertiary/aromatic N) is 2. The molecule has 0 spiro atoms. The second kappa shape index (κ2) is 12.5. The summed E-state index contributed by atoms with van der Waals surface area (Å²) < 4.78 is 0. The van der Waals surface area contributed by atoms with Crippen molar-refractivity contribution in [3.63, 3.8) is 0 Å². The molecule has 0 aliphatic carbocycles. The van der Waals surface area contributed by atoms with E-state index in [-0.39, 0.29) is 36.5 Å². The van der Waals surface area contributed by atoms with Crippen LogP contribution in [0.5, 0.6) is 0 Å². The lowest BCUT2D eigenvalue weighted by Crippen LogP contribution is -2.52. The number of nitrogens with one attached hydrogen (secondary N) is 1. The zero-order valence-corrected chi connectivity index (χ0v) is 20.1. The number of hydrogen-bond acceptors (Lipinski definition) is 4. The molecule has 7 heteroatoms. The molecule has 3 aromatic rings. The maximum atomic E-state index is 13.7. The third-order valence-electron chi connectivity index (χ3n) is 6.00. The molecule has 0 saturated carbocycles. The molecule has 1 N–H and O–H groups in total. The van der Waals surface area contributed by atoms with Gasteiger partial charge in [-0.3, -0.25) is 19.7 Å². The van der Waals surface area contributed by atoms with Gasteiger partial charge in [0.05, 0.1) is 11.3 Å². The Kier molecular flexibility index (Phi) is 9.12. The molecule has 35 heavy (non-hydrogen) atoms. The van der Waals surface area contributed by atoms with Crippen molar-refractivity contribution < 1.29 is 14.5 Å². The molecule has 0 aliphatic heterocycles. The van der Waals surface area contributed by atoms with Crippen molar-refractivity contribution in [1.29, 1.82) is 0 Å². The van der Waals surface area contributed by atoms with Crippen LogP contribution in [0.25, 0.3) is 0 Å². The topological polar surface area (TPSA) is 92.6 Å². The molecular weight excluding hydrogens is 442 g/mol. The summed E-state index contributed by atoms with van der Waals surface area (Å²) >= 11 is 0. The van der Waals surface area contributed by atoms with E-state index in [4.69, 9.17) is 0 Å². The average Bonchev–Trinajstić information content (AvgIpc) is 2.87. The van der Waals surface area contributed by atoms with E-state index in [9.17, 15) is 19.7 Å². The van der Waals surface area contributed by atoms with E-state index in [2.05, 4.69) is 5.32 Å². The fourth-order valence-corrected chi connectivity index (χ4v) is 3.88. The summed E-state index contributed by atoms with van der Waals surface area (Å²) in [6.07, 6.45) is 0.914. The first-order valence-corrected chi connectivity index (χ1v) is 11.8. The number of carbonyl (C=O) groups excluding carboxylic acids is 2. The molecule has 0 radical (unpaired) electrons. The molecule has 0 unspecified atom stereocenters. The predicted molar refractivity (Wildman–Crippen MR) is 136 cm³/mol. The SMILES string of the molecule is CC[C@@H](C)NC(=O)[C@@H](Cc1ccccc1)N(Cc1ccccc1)C(=O)Cc1ccccc1[N+](=O)[O-]. The Hall–Kier alpha value is -4.00. The lowest BCUT2D eigenvalue weighted by Gasteiger charge is -2.32. The zero-order chi connectivity index (χ0) is 25.2. The van der Waals surface area contributed by atoms with Gasteiger partial charge in [-0.15, -0.1) is 0 Å². The van der Waals surface area contributed by atoms with E-state index in [1.165, 1.54) is 6.07 Å². The third-order valence-corrected chi connectivity index (χ3v) is 6.00. The van der Waals surface area contributed by atoms with E-state index >= 15 is 0 Å². The van der Waals surface area contributed by atoms with E-state index in [0.29, 0.717) is 12.0 Å². The van der Waals surface area contributed by atoms with Gasteiger partial charge in [0, 0.05) is 30.6 Å². The maximum absolute atomic E-state index is 13.7. The van der Waals surface area contributed by atoms with Gasteiger partial charge >= 0.3 is 0 Å². The number of benzene rings is 3. The van der Waals surface area contributed by atoms with Crippen LogP contribution in [0, 0.1) is 10.1 Å². The molecular formula is C28H31N3O4. The summed E-state index contributed by atoms with van der Waals surface area (Å²) in [5.74, 6) is -0.585. The molecule has 3 aromatic carbocycles. The van der Waals surface area contributed by atoms with Crippen LogP contribution < -0.4 is 5.32 Å². The van der Waals surface area contributed by atoms with Crippen LogP contribution in [0.4, 0.5) is 5.69 Å². The summed E-state index contributed by atoms with van der Waals surface area (Å²) in [5, 5.41) is 14.5. The van der Waals surface area contributed by atoms with Crippen molar-refractivity contribution in [1.82, 2.24) is 10.2 Å². The molecule has 0 bridgehead atoms. The van der Waals surface area contributed by atoms with Crippen LogP contribution in [-0.2, 0) is 29.0 Å². The van der Waals surface area contributed by atoms with Crippen LogP contribution in [0.15, 0.2) is 84.9 Å². The monoisotopic (exact) mass is 473 g/mol. The molecule has 7 nitrogen and oxygen atoms in total. The van der Waals surface area contributed by atoms with Gasteiger partial charge in [-0.05, 0) is 24.5 Å². The molecule has 2 atom stereocenters. The van der Waals surface area contributed by atoms with Crippen molar-refractivity contribution in [2.75, 3.05) is 0 Å². The number of hydrogen-bond donors (Lipinski definition) is 1. The largest absolute Gasteiger partial charge is 0.352 e. The molecule has 0 heterocycles. The first-order chi connectivity index (χ1) is 16.9. The first-order valence-electron chi connectivity index (χ1n) is 11.8. The lowest BCUT2D eigenvalue weighted by atomic mass is 10.0. The van der Waals surface area contributed by atoms with Gasteiger partial charge in [-0.1, -0.05) is 85.8 Å². The number of amides is 2. The highest BCUT2D eigenvalue weighted by Gasteiger charge is 2.32. The normalized spacial score (nSPS) is 12.4. The van der Waals surface area contributed by atoms with Gasteiger partial charge in [0.2, 0.25) is 11.8 Å². The fraction of sp³-hybridized carbons (Fsp3) is 0.286. The highest BCUT2D eigenvalue weighted by atomic mass is 16.6. The van der Waals surface area contributed by atoms with E-state index < -0.39 is 11.0 Å². The van der Waals surface area contributed by atoms with Crippen LogP contribution in [-0.4, -0.2) is 33.7 Å². The minimum atomic E-state index is -0.776. The van der Waals surface area contributed by atoms with Crippen LogP contribution in [0.3, 0.4) is 0 Å². The van der Waals surface area contributed by atoms with E-state index in [1.807, 2.05) is 74.5 Å². The lowest BCUT2D eigenvalue weighted by molar-refractivity contribution is -0.385. The number of rotatable bonds is 11. The highest BCUT2D eigenvalue weighted by molar-refractivity contribution is 5.89. The van der Waals surface area contributed by atoms with Crippen molar-refractivity contribution in [3.05, 3.63) is 112 Å². The second-order valence-electron chi connectivity index (χ2n) is 8.59. The van der Waals surface area contributed by atoms with Gasteiger partial charge in [-0.25, -0.2) is 0 Å². The van der Waals surface area contributed by atoms with Crippen molar-refractivity contribution >= 4 is 17.5 Å². The minimum Gasteiger partial charge on any atom is -0.352 e. The average molecular weight is 474 g/mol. The Morgan fingerprint density at radius 2 is 1.49 bits per heavy atom. The van der Waals surface area contributed by atoms with Gasteiger partial charge < -0.3 is 10.2 Å². The summed E-state index contributed by atoms with van der Waals surface area (Å²) in [6, 6.07) is 24.4. The fourth-order valence-electron chi connectivity index (χ4n) is 3.88. The summed E-state index contributed by atoms with van der Waals surface area (Å²) in [6.45, 7) is 4.12. The van der Waals surface area contributed by atoms with Gasteiger partial charge in [0.25, 0.3) is 5.69 Å². The summed E-state index contributed by atoms with van der Waals surface area (Å²) in [5.41, 5.74) is 2.01. The number of nitro benzene ring substituents is 1. The summed E-state index contributed by atoms with van der Waals surface area (Å²) in [4.78, 5) is 39.8. The molecule has 0 aromatic heterocycles. The third kappa shape index (κ3) is 7.24. The Morgan fingerprint density at radius 1 is 0.914 bits per heavy atom. The molecule has 0 fully saturated rings. The van der Waals surface area contributed by atoms with E-state index in [0.717, 1.165) is 17.5 Å². The molecule has 182 valence electrons. The first kappa shape index (κ1) is 25.6. The number of carbonyl (C=O) groups is 2. The predicted octanol–water partition coefficient (Wildman–Crippen LogP) is 4.69. The highest BCUT2D eigenvalue weighted by Crippen LogP contribution is 2.21. The van der Waals surface area contributed by atoms with Crippen molar-refractivity contribution in [3.8, 4) is 0 Å².